The zero-order chi connectivity index (χ0) is 13.1. The molecule has 0 amide bonds. The number of aromatic nitrogens is 2. The topological polar surface area (TPSA) is 61.0 Å². The number of rotatable bonds is 4. The Labute approximate surface area is 109 Å². The van der Waals surface area contributed by atoms with Gasteiger partial charge in [0.05, 0.1) is 4.92 Å². The number of imidazole rings is 1. The SMILES string of the molecule is CCCc1nccn1-c1cc(Cl)ccc1[N+](=O)[O-]. The molecule has 94 valence electrons. The Balaban J connectivity index is 2.58. The van der Waals surface area contributed by atoms with E-state index in [0.717, 1.165) is 18.7 Å². The Kier molecular flexibility index (Phi) is 3.62. The molecule has 0 atom stereocenters. The molecule has 0 spiro atoms. The predicted octanol–water partition coefficient (Wildman–Crippen LogP) is 3.39. The van der Waals surface area contributed by atoms with E-state index in [4.69, 9.17) is 11.6 Å². The van der Waals surface area contributed by atoms with Crippen LogP contribution >= 0.6 is 11.6 Å². The Morgan fingerprint density at radius 1 is 1.50 bits per heavy atom. The van der Waals surface area contributed by atoms with Gasteiger partial charge in [0.1, 0.15) is 11.5 Å². The van der Waals surface area contributed by atoms with Crippen LogP contribution in [0.25, 0.3) is 5.69 Å². The summed E-state index contributed by atoms with van der Waals surface area (Å²) in [6, 6.07) is 4.51. The van der Waals surface area contributed by atoms with E-state index in [2.05, 4.69) is 4.98 Å². The maximum absolute atomic E-state index is 11.0. The third-order valence-corrected chi connectivity index (χ3v) is 2.82. The third-order valence-electron chi connectivity index (χ3n) is 2.58. The standard InChI is InChI=1S/C12H12ClN3O2/c1-2-3-12-14-6-7-15(12)11-8-9(13)4-5-10(11)16(17)18/h4-8H,2-3H2,1H3. The van der Waals surface area contributed by atoms with Crippen molar-refractivity contribution in [3.05, 3.63) is 51.6 Å². The monoisotopic (exact) mass is 265 g/mol. The fourth-order valence-corrected chi connectivity index (χ4v) is 1.97. The minimum Gasteiger partial charge on any atom is -0.298 e. The highest BCUT2D eigenvalue weighted by Crippen LogP contribution is 2.27. The van der Waals surface area contributed by atoms with Crippen LogP contribution < -0.4 is 0 Å². The van der Waals surface area contributed by atoms with Gasteiger partial charge in [-0.2, -0.15) is 0 Å². The first-order chi connectivity index (χ1) is 8.63. The van der Waals surface area contributed by atoms with E-state index in [1.54, 1.807) is 23.0 Å². The number of halogens is 1. The summed E-state index contributed by atoms with van der Waals surface area (Å²) in [5.41, 5.74) is 0.475. The second-order valence-electron chi connectivity index (χ2n) is 3.85. The Hall–Kier alpha value is -1.88. The van der Waals surface area contributed by atoms with Crippen molar-refractivity contribution in [1.82, 2.24) is 9.55 Å². The van der Waals surface area contributed by atoms with Gasteiger partial charge in [-0.15, -0.1) is 0 Å². The van der Waals surface area contributed by atoms with Gasteiger partial charge in [0.15, 0.2) is 0 Å². The van der Waals surface area contributed by atoms with Crippen LogP contribution in [-0.4, -0.2) is 14.5 Å². The molecule has 1 aromatic heterocycles. The molecule has 0 unspecified atom stereocenters. The molecule has 1 heterocycles. The summed E-state index contributed by atoms with van der Waals surface area (Å²) in [4.78, 5) is 14.8. The van der Waals surface area contributed by atoms with Crippen LogP contribution in [0.3, 0.4) is 0 Å². The molecule has 2 aromatic rings. The molecule has 0 bridgehead atoms. The molecule has 1 aromatic carbocycles. The van der Waals surface area contributed by atoms with Gasteiger partial charge in [-0.25, -0.2) is 4.98 Å². The molecule has 6 heteroatoms. The predicted molar refractivity (Wildman–Crippen MR) is 69.2 cm³/mol. The molecule has 0 aliphatic rings. The molecule has 0 fully saturated rings. The maximum Gasteiger partial charge on any atom is 0.293 e. The van der Waals surface area contributed by atoms with E-state index >= 15 is 0 Å². The number of aryl methyl sites for hydroxylation is 1. The van der Waals surface area contributed by atoms with Gasteiger partial charge < -0.3 is 0 Å². The minimum absolute atomic E-state index is 0.0229. The van der Waals surface area contributed by atoms with Gasteiger partial charge in [-0.05, 0) is 18.6 Å². The highest BCUT2D eigenvalue weighted by Gasteiger charge is 2.17. The summed E-state index contributed by atoms with van der Waals surface area (Å²) in [6.45, 7) is 2.03. The molecular formula is C12H12ClN3O2. The lowest BCUT2D eigenvalue weighted by Crippen LogP contribution is -2.03. The fourth-order valence-electron chi connectivity index (χ4n) is 1.81. The second kappa shape index (κ2) is 5.18. The molecule has 0 saturated carbocycles. The van der Waals surface area contributed by atoms with Crippen molar-refractivity contribution in [1.29, 1.82) is 0 Å². The third kappa shape index (κ3) is 2.36. The van der Waals surface area contributed by atoms with Crippen molar-refractivity contribution in [3.8, 4) is 5.69 Å². The van der Waals surface area contributed by atoms with Gasteiger partial charge in [-0.3, -0.25) is 14.7 Å². The summed E-state index contributed by atoms with van der Waals surface area (Å²) in [5, 5.41) is 11.5. The van der Waals surface area contributed by atoms with Crippen molar-refractivity contribution >= 4 is 17.3 Å². The van der Waals surface area contributed by atoms with Gasteiger partial charge in [0.2, 0.25) is 0 Å². The molecule has 0 radical (unpaired) electrons. The van der Waals surface area contributed by atoms with Crippen LogP contribution in [0.4, 0.5) is 5.69 Å². The lowest BCUT2D eigenvalue weighted by atomic mass is 10.2. The summed E-state index contributed by atoms with van der Waals surface area (Å²) < 4.78 is 1.72. The normalized spacial score (nSPS) is 10.6. The molecule has 0 aliphatic carbocycles. The number of hydrogen-bond donors (Lipinski definition) is 0. The summed E-state index contributed by atoms with van der Waals surface area (Å²) >= 11 is 5.91. The number of benzene rings is 1. The Morgan fingerprint density at radius 2 is 2.28 bits per heavy atom. The van der Waals surface area contributed by atoms with Crippen LogP contribution in [0.2, 0.25) is 5.02 Å². The maximum atomic E-state index is 11.0. The van der Waals surface area contributed by atoms with Crippen molar-refractivity contribution in [2.24, 2.45) is 0 Å². The minimum atomic E-state index is -0.415. The molecule has 5 nitrogen and oxygen atoms in total. The van der Waals surface area contributed by atoms with Crippen LogP contribution in [0.15, 0.2) is 30.6 Å². The smallest absolute Gasteiger partial charge is 0.293 e. The molecule has 18 heavy (non-hydrogen) atoms. The molecule has 0 saturated heterocycles. The van der Waals surface area contributed by atoms with Crippen LogP contribution in [0, 0.1) is 10.1 Å². The van der Waals surface area contributed by atoms with Gasteiger partial charge in [0.25, 0.3) is 5.69 Å². The van der Waals surface area contributed by atoms with E-state index < -0.39 is 4.92 Å². The first kappa shape index (κ1) is 12.6. The lowest BCUT2D eigenvalue weighted by molar-refractivity contribution is -0.384. The van der Waals surface area contributed by atoms with Crippen molar-refractivity contribution in [2.45, 2.75) is 19.8 Å². The van der Waals surface area contributed by atoms with E-state index in [9.17, 15) is 10.1 Å². The Morgan fingerprint density at radius 3 is 2.94 bits per heavy atom. The summed E-state index contributed by atoms with van der Waals surface area (Å²) in [6.07, 6.45) is 5.03. The first-order valence-corrected chi connectivity index (χ1v) is 5.97. The lowest BCUT2D eigenvalue weighted by Gasteiger charge is -2.08. The van der Waals surface area contributed by atoms with Gasteiger partial charge in [-0.1, -0.05) is 18.5 Å². The van der Waals surface area contributed by atoms with E-state index in [1.165, 1.54) is 12.1 Å². The van der Waals surface area contributed by atoms with Crippen molar-refractivity contribution in [2.75, 3.05) is 0 Å². The zero-order valence-electron chi connectivity index (χ0n) is 9.84. The number of nitrogens with zero attached hydrogens (tertiary/aromatic N) is 3. The molecular weight excluding hydrogens is 254 g/mol. The highest BCUT2D eigenvalue weighted by atomic mass is 35.5. The molecule has 2 rings (SSSR count). The van der Waals surface area contributed by atoms with E-state index in [-0.39, 0.29) is 5.69 Å². The Bertz CT molecular complexity index is 580. The average molecular weight is 266 g/mol. The van der Waals surface area contributed by atoms with Crippen LogP contribution in [-0.2, 0) is 6.42 Å². The van der Waals surface area contributed by atoms with Gasteiger partial charge >= 0.3 is 0 Å². The van der Waals surface area contributed by atoms with Crippen LogP contribution in [0.1, 0.15) is 19.2 Å². The number of hydrogen-bond acceptors (Lipinski definition) is 3. The molecule has 0 aliphatic heterocycles. The quantitative estimate of drug-likeness (QED) is 0.629. The fraction of sp³-hybridized carbons (Fsp3) is 0.250. The van der Waals surface area contributed by atoms with Crippen molar-refractivity contribution < 1.29 is 4.92 Å². The van der Waals surface area contributed by atoms with E-state index in [0.29, 0.717) is 10.7 Å². The largest absolute Gasteiger partial charge is 0.298 e. The first-order valence-electron chi connectivity index (χ1n) is 5.60. The summed E-state index contributed by atoms with van der Waals surface area (Å²) in [5.74, 6) is 0.794. The average Bonchev–Trinajstić information content (AvgIpc) is 2.77. The number of nitro benzene ring substituents is 1. The highest BCUT2D eigenvalue weighted by molar-refractivity contribution is 6.30. The van der Waals surface area contributed by atoms with Crippen LogP contribution in [0.5, 0.6) is 0 Å². The summed E-state index contributed by atoms with van der Waals surface area (Å²) in [7, 11) is 0. The van der Waals surface area contributed by atoms with E-state index in [1.807, 2.05) is 6.92 Å². The second-order valence-corrected chi connectivity index (χ2v) is 4.29. The zero-order valence-corrected chi connectivity index (χ0v) is 10.6. The number of nitro groups is 1. The van der Waals surface area contributed by atoms with Crippen molar-refractivity contribution in [3.63, 3.8) is 0 Å². The van der Waals surface area contributed by atoms with Gasteiger partial charge in [0, 0.05) is 29.9 Å². The molecule has 0 N–H and O–H groups in total.